The molecule has 2 aliphatic heterocycles. The number of anilines is 1. The van der Waals surface area contributed by atoms with Crippen LogP contribution in [0.15, 0.2) is 18.5 Å². The van der Waals surface area contributed by atoms with E-state index < -0.39 is 0 Å². The quantitative estimate of drug-likeness (QED) is 0.843. The van der Waals surface area contributed by atoms with Gasteiger partial charge in [-0.3, -0.25) is 4.79 Å². The maximum atomic E-state index is 11.9. The van der Waals surface area contributed by atoms with E-state index in [0.717, 1.165) is 45.0 Å². The first-order valence-corrected chi connectivity index (χ1v) is 8.01. The number of aromatic nitrogens is 2. The zero-order chi connectivity index (χ0) is 15.4. The van der Waals surface area contributed by atoms with E-state index in [1.165, 1.54) is 12.8 Å². The molecule has 2 aliphatic rings. The van der Waals surface area contributed by atoms with Crippen LogP contribution in [0.5, 0.6) is 0 Å². The highest BCUT2D eigenvalue weighted by molar-refractivity contribution is 5.77. The van der Waals surface area contributed by atoms with Gasteiger partial charge in [-0.05, 0) is 37.2 Å². The molecule has 1 spiro atoms. The van der Waals surface area contributed by atoms with Gasteiger partial charge in [-0.2, -0.15) is 0 Å². The van der Waals surface area contributed by atoms with Gasteiger partial charge in [0.05, 0.1) is 0 Å². The number of hydrogen-bond donors (Lipinski definition) is 0. The van der Waals surface area contributed by atoms with Crippen LogP contribution in [0.4, 0.5) is 5.95 Å². The van der Waals surface area contributed by atoms with Gasteiger partial charge < -0.3 is 14.5 Å². The third-order valence-corrected chi connectivity index (χ3v) is 4.94. The summed E-state index contributed by atoms with van der Waals surface area (Å²) < 4.78 is 4.95. The van der Waals surface area contributed by atoms with Gasteiger partial charge in [0.1, 0.15) is 6.61 Å². The molecule has 0 bridgehead atoms. The second-order valence-corrected chi connectivity index (χ2v) is 6.39. The molecule has 6 heteroatoms. The molecule has 1 aromatic heterocycles. The lowest BCUT2D eigenvalue weighted by Gasteiger charge is -2.47. The summed E-state index contributed by atoms with van der Waals surface area (Å²) in [5.41, 5.74) is 0.307. The lowest BCUT2D eigenvalue weighted by molar-refractivity contribution is -0.137. The Balaban J connectivity index is 1.62. The first-order valence-electron chi connectivity index (χ1n) is 8.01. The molecule has 0 N–H and O–H groups in total. The molecule has 1 amide bonds. The molecule has 0 radical (unpaired) electrons. The molecule has 1 aromatic rings. The standard InChI is InChI=1S/C16H24N4O2/c1-22-12-14(21)19-10-5-16(6-11-19)4-2-9-20(13-16)15-17-7-3-8-18-15/h3,7-8H,2,4-6,9-13H2,1H3. The fraction of sp³-hybridized carbons (Fsp3) is 0.688. The third-order valence-electron chi connectivity index (χ3n) is 4.94. The molecule has 2 saturated heterocycles. The summed E-state index contributed by atoms with van der Waals surface area (Å²) in [6, 6.07) is 1.85. The fourth-order valence-corrected chi connectivity index (χ4v) is 3.69. The summed E-state index contributed by atoms with van der Waals surface area (Å²) in [5.74, 6) is 0.941. The van der Waals surface area contributed by atoms with E-state index in [-0.39, 0.29) is 12.5 Å². The van der Waals surface area contributed by atoms with Gasteiger partial charge >= 0.3 is 0 Å². The Bertz CT molecular complexity index is 500. The minimum Gasteiger partial charge on any atom is -0.375 e. The minimum absolute atomic E-state index is 0.108. The predicted molar refractivity (Wildman–Crippen MR) is 83.6 cm³/mol. The van der Waals surface area contributed by atoms with E-state index in [0.29, 0.717) is 5.41 Å². The van der Waals surface area contributed by atoms with Crippen molar-refractivity contribution in [1.82, 2.24) is 14.9 Å². The predicted octanol–water partition coefficient (Wildman–Crippen LogP) is 1.33. The highest BCUT2D eigenvalue weighted by Gasteiger charge is 2.39. The van der Waals surface area contributed by atoms with Crippen molar-refractivity contribution in [3.8, 4) is 0 Å². The van der Waals surface area contributed by atoms with Crippen molar-refractivity contribution in [2.75, 3.05) is 44.8 Å². The maximum absolute atomic E-state index is 11.9. The first kappa shape index (κ1) is 15.2. The second-order valence-electron chi connectivity index (χ2n) is 6.39. The van der Waals surface area contributed by atoms with Gasteiger partial charge in [0.2, 0.25) is 11.9 Å². The number of carbonyl (C=O) groups is 1. The van der Waals surface area contributed by atoms with Gasteiger partial charge in [-0.1, -0.05) is 0 Å². The lowest BCUT2D eigenvalue weighted by atomic mass is 9.72. The number of amides is 1. The molecule has 2 fully saturated rings. The Morgan fingerprint density at radius 1 is 1.23 bits per heavy atom. The van der Waals surface area contributed by atoms with Gasteiger partial charge in [-0.15, -0.1) is 0 Å². The molecule has 0 aromatic carbocycles. The van der Waals surface area contributed by atoms with Crippen molar-refractivity contribution in [1.29, 1.82) is 0 Å². The Hall–Kier alpha value is -1.69. The number of rotatable bonds is 3. The average Bonchev–Trinajstić information content (AvgIpc) is 2.57. The van der Waals surface area contributed by atoms with Crippen molar-refractivity contribution in [3.05, 3.63) is 18.5 Å². The van der Waals surface area contributed by atoms with E-state index in [1.54, 1.807) is 19.5 Å². The largest absolute Gasteiger partial charge is 0.375 e. The van der Waals surface area contributed by atoms with Gasteiger partial charge in [-0.25, -0.2) is 9.97 Å². The number of carbonyl (C=O) groups excluding carboxylic acids is 1. The lowest BCUT2D eigenvalue weighted by Crippen LogP contribution is -2.51. The number of likely N-dealkylation sites (tertiary alicyclic amines) is 1. The molecule has 0 atom stereocenters. The van der Waals surface area contributed by atoms with Crippen LogP contribution in [-0.2, 0) is 9.53 Å². The molecule has 3 rings (SSSR count). The second kappa shape index (κ2) is 6.60. The van der Waals surface area contributed by atoms with Crippen LogP contribution < -0.4 is 4.90 Å². The molecular formula is C16H24N4O2. The van der Waals surface area contributed by atoms with Crippen LogP contribution in [-0.4, -0.2) is 60.7 Å². The van der Waals surface area contributed by atoms with Crippen LogP contribution in [0.1, 0.15) is 25.7 Å². The fourth-order valence-electron chi connectivity index (χ4n) is 3.69. The summed E-state index contributed by atoms with van der Waals surface area (Å²) in [6.45, 7) is 3.90. The number of piperidine rings is 2. The van der Waals surface area contributed by atoms with Gasteiger partial charge in [0, 0.05) is 45.7 Å². The molecule has 22 heavy (non-hydrogen) atoms. The summed E-state index contributed by atoms with van der Waals surface area (Å²) in [4.78, 5) is 24.9. The van der Waals surface area contributed by atoms with Crippen molar-refractivity contribution in [3.63, 3.8) is 0 Å². The third kappa shape index (κ3) is 3.21. The Morgan fingerprint density at radius 3 is 2.64 bits per heavy atom. The topological polar surface area (TPSA) is 58.6 Å². The van der Waals surface area contributed by atoms with Crippen molar-refractivity contribution < 1.29 is 9.53 Å². The Labute approximate surface area is 131 Å². The molecule has 3 heterocycles. The zero-order valence-electron chi connectivity index (χ0n) is 13.2. The summed E-state index contributed by atoms with van der Waals surface area (Å²) in [5, 5.41) is 0. The Morgan fingerprint density at radius 2 is 1.95 bits per heavy atom. The van der Waals surface area contributed by atoms with Crippen LogP contribution >= 0.6 is 0 Å². The van der Waals surface area contributed by atoms with Crippen molar-refractivity contribution in [2.45, 2.75) is 25.7 Å². The molecule has 120 valence electrons. The highest BCUT2D eigenvalue weighted by atomic mass is 16.5. The maximum Gasteiger partial charge on any atom is 0.248 e. The van der Waals surface area contributed by atoms with Crippen LogP contribution in [0.3, 0.4) is 0 Å². The van der Waals surface area contributed by atoms with E-state index in [2.05, 4.69) is 14.9 Å². The number of nitrogens with zero attached hydrogens (tertiary/aromatic N) is 4. The number of hydrogen-bond acceptors (Lipinski definition) is 5. The highest BCUT2D eigenvalue weighted by Crippen LogP contribution is 2.40. The summed E-state index contributed by atoms with van der Waals surface area (Å²) in [7, 11) is 1.57. The van der Waals surface area contributed by atoms with Crippen molar-refractivity contribution >= 4 is 11.9 Å². The molecule has 0 saturated carbocycles. The number of ether oxygens (including phenoxy) is 1. The average molecular weight is 304 g/mol. The smallest absolute Gasteiger partial charge is 0.248 e. The Kier molecular flexibility index (Phi) is 4.57. The normalized spacial score (nSPS) is 21.1. The SMILES string of the molecule is COCC(=O)N1CCC2(CCCN(c3ncccn3)C2)CC1. The monoisotopic (exact) mass is 304 g/mol. The van der Waals surface area contributed by atoms with Gasteiger partial charge in [0.25, 0.3) is 0 Å². The van der Waals surface area contributed by atoms with Gasteiger partial charge in [0.15, 0.2) is 0 Å². The molecular weight excluding hydrogens is 280 g/mol. The van der Waals surface area contributed by atoms with E-state index in [4.69, 9.17) is 4.74 Å². The minimum atomic E-state index is 0.108. The van der Waals surface area contributed by atoms with E-state index >= 15 is 0 Å². The van der Waals surface area contributed by atoms with E-state index in [9.17, 15) is 4.79 Å². The zero-order valence-corrected chi connectivity index (χ0v) is 13.2. The molecule has 6 nitrogen and oxygen atoms in total. The van der Waals surface area contributed by atoms with E-state index in [1.807, 2.05) is 11.0 Å². The van der Waals surface area contributed by atoms with Crippen LogP contribution in [0, 0.1) is 5.41 Å². The first-order chi connectivity index (χ1) is 10.7. The molecule has 0 aliphatic carbocycles. The van der Waals surface area contributed by atoms with Crippen LogP contribution in [0.2, 0.25) is 0 Å². The number of methoxy groups -OCH3 is 1. The molecule has 0 unspecified atom stereocenters. The summed E-state index contributed by atoms with van der Waals surface area (Å²) >= 11 is 0. The van der Waals surface area contributed by atoms with Crippen LogP contribution in [0.25, 0.3) is 0 Å². The van der Waals surface area contributed by atoms with Crippen molar-refractivity contribution in [2.24, 2.45) is 5.41 Å². The summed E-state index contributed by atoms with van der Waals surface area (Å²) in [6.07, 6.45) is 8.13.